The molecule has 2 aromatic carbocycles. The van der Waals surface area contributed by atoms with E-state index in [-0.39, 0.29) is 0 Å². The largest absolute Gasteiger partial charge is 0.491 e. The van der Waals surface area contributed by atoms with Crippen molar-refractivity contribution in [2.24, 2.45) is 0 Å². The van der Waals surface area contributed by atoms with E-state index in [0.29, 0.717) is 0 Å². The zero-order valence-electron chi connectivity index (χ0n) is 14.3. The summed E-state index contributed by atoms with van der Waals surface area (Å²) in [5.41, 5.74) is 2.34. The van der Waals surface area contributed by atoms with E-state index in [1.165, 1.54) is 5.69 Å². The predicted molar refractivity (Wildman–Crippen MR) is 99.7 cm³/mol. The average molecular weight is 312 g/mol. The van der Waals surface area contributed by atoms with Crippen LogP contribution in [0.2, 0.25) is 0 Å². The van der Waals surface area contributed by atoms with E-state index in [0.717, 1.165) is 50.5 Å². The molecule has 3 heteroatoms. The molecule has 0 aromatic heterocycles. The van der Waals surface area contributed by atoms with Crippen LogP contribution < -0.4 is 15.0 Å². The van der Waals surface area contributed by atoms with Crippen LogP contribution in [0.25, 0.3) is 0 Å². The Bertz CT molecular complexity index is 557. The minimum atomic E-state index is 0.778. The highest BCUT2D eigenvalue weighted by molar-refractivity contribution is 5.56. The van der Waals surface area contributed by atoms with Gasteiger partial charge in [-0.15, -0.1) is 0 Å². The highest BCUT2D eigenvalue weighted by Gasteiger charge is 2.05. The van der Waals surface area contributed by atoms with E-state index in [1.807, 2.05) is 18.2 Å². The Morgan fingerprint density at radius 3 is 2.43 bits per heavy atom. The number of nitrogens with zero attached hydrogens (tertiary/aromatic N) is 1. The smallest absolute Gasteiger partial charge is 0.142 e. The molecule has 0 aliphatic heterocycles. The Labute approximate surface area is 140 Å². The van der Waals surface area contributed by atoms with Gasteiger partial charge in [-0.05, 0) is 37.6 Å². The van der Waals surface area contributed by atoms with Crippen LogP contribution in [0.1, 0.15) is 26.7 Å². The first kappa shape index (κ1) is 17.2. The van der Waals surface area contributed by atoms with Gasteiger partial charge in [0.05, 0.1) is 12.3 Å². The van der Waals surface area contributed by atoms with Crippen molar-refractivity contribution in [1.82, 2.24) is 0 Å². The van der Waals surface area contributed by atoms with Gasteiger partial charge in [-0.1, -0.05) is 43.7 Å². The molecule has 0 fully saturated rings. The number of nitrogens with one attached hydrogen (secondary N) is 1. The van der Waals surface area contributed by atoms with E-state index in [9.17, 15) is 0 Å². The van der Waals surface area contributed by atoms with Crippen molar-refractivity contribution >= 4 is 11.4 Å². The SMILES string of the molecule is CCCCOc1ccccc1NCCN(CC)c1ccccc1. The molecule has 0 heterocycles. The summed E-state index contributed by atoms with van der Waals surface area (Å²) in [6.45, 7) is 7.99. The number of para-hydroxylation sites is 3. The molecule has 23 heavy (non-hydrogen) atoms. The van der Waals surface area contributed by atoms with Gasteiger partial charge in [0, 0.05) is 25.3 Å². The maximum atomic E-state index is 5.87. The van der Waals surface area contributed by atoms with Gasteiger partial charge in [-0.25, -0.2) is 0 Å². The summed E-state index contributed by atoms with van der Waals surface area (Å²) in [5, 5.41) is 3.51. The predicted octanol–water partition coefficient (Wildman–Crippen LogP) is 4.80. The second kappa shape index (κ2) is 9.78. The van der Waals surface area contributed by atoms with Crippen LogP contribution in [0, 0.1) is 0 Å². The molecule has 0 saturated carbocycles. The molecule has 0 amide bonds. The van der Waals surface area contributed by atoms with Crippen molar-refractivity contribution in [2.75, 3.05) is 36.5 Å². The van der Waals surface area contributed by atoms with Crippen molar-refractivity contribution in [1.29, 1.82) is 0 Å². The van der Waals surface area contributed by atoms with Crippen molar-refractivity contribution in [3.8, 4) is 5.75 Å². The summed E-state index contributed by atoms with van der Waals surface area (Å²) < 4.78 is 5.87. The summed E-state index contributed by atoms with van der Waals surface area (Å²) in [7, 11) is 0. The van der Waals surface area contributed by atoms with Crippen molar-refractivity contribution in [2.45, 2.75) is 26.7 Å². The Kier molecular flexibility index (Phi) is 7.31. The van der Waals surface area contributed by atoms with Crippen LogP contribution in [-0.4, -0.2) is 26.2 Å². The third-order valence-electron chi connectivity index (χ3n) is 3.84. The summed E-state index contributed by atoms with van der Waals surface area (Å²) in [6, 6.07) is 18.7. The molecule has 2 rings (SSSR count). The third-order valence-corrected chi connectivity index (χ3v) is 3.84. The number of benzene rings is 2. The summed E-state index contributed by atoms with van der Waals surface area (Å²) in [6.07, 6.45) is 2.24. The molecule has 0 aliphatic carbocycles. The van der Waals surface area contributed by atoms with E-state index < -0.39 is 0 Å². The minimum Gasteiger partial charge on any atom is -0.491 e. The first-order chi connectivity index (χ1) is 11.3. The van der Waals surface area contributed by atoms with Crippen LogP contribution in [0.3, 0.4) is 0 Å². The number of hydrogen-bond acceptors (Lipinski definition) is 3. The molecule has 0 saturated heterocycles. The van der Waals surface area contributed by atoms with Gasteiger partial charge >= 0.3 is 0 Å². The maximum Gasteiger partial charge on any atom is 0.142 e. The lowest BCUT2D eigenvalue weighted by atomic mass is 10.2. The van der Waals surface area contributed by atoms with Crippen LogP contribution in [-0.2, 0) is 0 Å². The second-order valence-electron chi connectivity index (χ2n) is 5.54. The quantitative estimate of drug-likeness (QED) is 0.638. The van der Waals surface area contributed by atoms with E-state index in [2.05, 4.69) is 60.5 Å². The molecule has 0 unspecified atom stereocenters. The minimum absolute atomic E-state index is 0.778. The van der Waals surface area contributed by atoms with Crippen LogP contribution in [0.4, 0.5) is 11.4 Å². The molecule has 0 bridgehead atoms. The van der Waals surface area contributed by atoms with Crippen LogP contribution in [0.5, 0.6) is 5.75 Å². The average Bonchev–Trinajstić information content (AvgIpc) is 2.61. The first-order valence-corrected chi connectivity index (χ1v) is 8.60. The summed E-state index contributed by atoms with van der Waals surface area (Å²) in [4.78, 5) is 2.37. The highest BCUT2D eigenvalue weighted by Crippen LogP contribution is 2.24. The standard InChI is InChI=1S/C20H28N2O/c1-3-5-17-23-20-14-10-9-13-19(20)21-15-16-22(4-2)18-11-7-6-8-12-18/h6-14,21H,3-5,15-17H2,1-2H3. The van der Waals surface area contributed by atoms with Crippen molar-refractivity contribution in [3.63, 3.8) is 0 Å². The zero-order chi connectivity index (χ0) is 16.3. The molecule has 0 atom stereocenters. The van der Waals surface area contributed by atoms with Gasteiger partial charge in [0.2, 0.25) is 0 Å². The number of anilines is 2. The van der Waals surface area contributed by atoms with Gasteiger partial charge in [-0.3, -0.25) is 0 Å². The molecule has 2 aromatic rings. The number of hydrogen-bond donors (Lipinski definition) is 1. The molecule has 3 nitrogen and oxygen atoms in total. The van der Waals surface area contributed by atoms with E-state index in [1.54, 1.807) is 0 Å². The molecule has 0 spiro atoms. The second-order valence-corrected chi connectivity index (χ2v) is 5.54. The van der Waals surface area contributed by atoms with Gasteiger partial charge in [0.1, 0.15) is 5.75 Å². The number of ether oxygens (including phenoxy) is 1. The Balaban J connectivity index is 1.88. The fourth-order valence-corrected chi connectivity index (χ4v) is 2.50. The third kappa shape index (κ3) is 5.51. The van der Waals surface area contributed by atoms with Crippen molar-refractivity contribution in [3.05, 3.63) is 54.6 Å². The van der Waals surface area contributed by atoms with Gasteiger partial charge in [-0.2, -0.15) is 0 Å². The Hall–Kier alpha value is -2.16. The van der Waals surface area contributed by atoms with Crippen LogP contribution in [0.15, 0.2) is 54.6 Å². The molecular formula is C20H28N2O. The number of rotatable bonds is 10. The Morgan fingerprint density at radius 2 is 1.70 bits per heavy atom. The van der Waals surface area contributed by atoms with Gasteiger partial charge < -0.3 is 15.0 Å². The first-order valence-electron chi connectivity index (χ1n) is 8.60. The lowest BCUT2D eigenvalue weighted by Gasteiger charge is -2.23. The summed E-state index contributed by atoms with van der Waals surface area (Å²) in [5.74, 6) is 0.948. The lowest BCUT2D eigenvalue weighted by molar-refractivity contribution is 0.310. The fourth-order valence-electron chi connectivity index (χ4n) is 2.50. The topological polar surface area (TPSA) is 24.5 Å². The van der Waals surface area contributed by atoms with Crippen molar-refractivity contribution < 1.29 is 4.74 Å². The van der Waals surface area contributed by atoms with E-state index in [4.69, 9.17) is 4.74 Å². The molecule has 0 aliphatic rings. The van der Waals surface area contributed by atoms with Gasteiger partial charge in [0.15, 0.2) is 0 Å². The highest BCUT2D eigenvalue weighted by atomic mass is 16.5. The summed E-state index contributed by atoms with van der Waals surface area (Å²) >= 11 is 0. The monoisotopic (exact) mass is 312 g/mol. The number of likely N-dealkylation sites (N-methyl/N-ethyl adjacent to an activating group) is 1. The molecule has 1 N–H and O–H groups in total. The maximum absolute atomic E-state index is 5.87. The number of unbranched alkanes of at least 4 members (excludes halogenated alkanes) is 1. The van der Waals surface area contributed by atoms with Gasteiger partial charge in [0.25, 0.3) is 0 Å². The normalized spacial score (nSPS) is 10.3. The molecule has 124 valence electrons. The molecular weight excluding hydrogens is 284 g/mol. The zero-order valence-corrected chi connectivity index (χ0v) is 14.3. The fraction of sp³-hybridized carbons (Fsp3) is 0.400. The molecule has 0 radical (unpaired) electrons. The van der Waals surface area contributed by atoms with Crippen LogP contribution >= 0.6 is 0 Å². The van der Waals surface area contributed by atoms with E-state index >= 15 is 0 Å². The Morgan fingerprint density at radius 1 is 0.957 bits per heavy atom. The lowest BCUT2D eigenvalue weighted by Crippen LogP contribution is -2.28.